The number of carbonyl (C=O) groups is 1. The molecule has 0 atom stereocenters. The highest BCUT2D eigenvalue weighted by atomic mass is 32.1. The number of pyridine rings is 1. The largest absolute Gasteiger partial charge is 0.350 e. The zero-order valence-corrected chi connectivity index (χ0v) is 13.3. The number of fused-ring (bicyclic) bond motifs is 1. The average Bonchev–Trinajstić information content (AvgIpc) is 3.00. The van der Waals surface area contributed by atoms with Crippen molar-refractivity contribution >= 4 is 32.6 Å². The normalized spacial score (nSPS) is 10.7. The lowest BCUT2D eigenvalue weighted by Gasteiger charge is -2.15. The van der Waals surface area contributed by atoms with Gasteiger partial charge < -0.3 is 10.2 Å². The third-order valence-corrected chi connectivity index (χ3v) is 4.41. The zero-order valence-electron chi connectivity index (χ0n) is 12.5. The standard InChI is InChI=1S/C16H15FN4OS/c1-21(10-14(22)19-9-11-4-3-7-18-8-11)16-20-15-12(17)5-2-6-13(15)23-16/h2-8H,9-10H2,1H3,(H,19,22). The molecule has 0 fully saturated rings. The maximum absolute atomic E-state index is 13.7. The van der Waals surface area contributed by atoms with Crippen molar-refractivity contribution < 1.29 is 9.18 Å². The second-order valence-corrected chi connectivity index (χ2v) is 6.09. The van der Waals surface area contributed by atoms with Gasteiger partial charge in [-0.3, -0.25) is 9.78 Å². The van der Waals surface area contributed by atoms with E-state index in [1.165, 1.54) is 17.4 Å². The highest BCUT2D eigenvalue weighted by Gasteiger charge is 2.13. The molecule has 7 heteroatoms. The molecule has 0 aliphatic rings. The van der Waals surface area contributed by atoms with Crippen molar-refractivity contribution in [2.45, 2.75) is 6.54 Å². The maximum Gasteiger partial charge on any atom is 0.239 e. The molecule has 118 valence electrons. The van der Waals surface area contributed by atoms with Gasteiger partial charge in [0.25, 0.3) is 0 Å². The van der Waals surface area contributed by atoms with E-state index in [2.05, 4.69) is 15.3 Å². The van der Waals surface area contributed by atoms with Crippen molar-refractivity contribution in [3.05, 3.63) is 54.1 Å². The summed E-state index contributed by atoms with van der Waals surface area (Å²) < 4.78 is 14.4. The molecule has 0 saturated carbocycles. The summed E-state index contributed by atoms with van der Waals surface area (Å²) in [4.78, 5) is 22.0. The summed E-state index contributed by atoms with van der Waals surface area (Å²) in [5.41, 5.74) is 1.28. The van der Waals surface area contributed by atoms with Crippen LogP contribution in [0.4, 0.5) is 9.52 Å². The van der Waals surface area contributed by atoms with Gasteiger partial charge >= 0.3 is 0 Å². The number of nitrogens with one attached hydrogen (secondary N) is 1. The number of amides is 1. The highest BCUT2D eigenvalue weighted by Crippen LogP contribution is 2.29. The van der Waals surface area contributed by atoms with Gasteiger partial charge in [-0.25, -0.2) is 9.37 Å². The number of para-hydroxylation sites is 1. The summed E-state index contributed by atoms with van der Waals surface area (Å²) in [5, 5.41) is 3.44. The van der Waals surface area contributed by atoms with Crippen LogP contribution in [0, 0.1) is 5.82 Å². The van der Waals surface area contributed by atoms with Crippen LogP contribution in [0.1, 0.15) is 5.56 Å². The van der Waals surface area contributed by atoms with E-state index in [9.17, 15) is 9.18 Å². The fraction of sp³-hybridized carbons (Fsp3) is 0.188. The van der Waals surface area contributed by atoms with Crippen LogP contribution in [0.2, 0.25) is 0 Å². The summed E-state index contributed by atoms with van der Waals surface area (Å²) in [6, 6.07) is 8.57. The van der Waals surface area contributed by atoms with E-state index in [0.717, 1.165) is 10.3 Å². The molecular formula is C16H15FN4OS. The smallest absolute Gasteiger partial charge is 0.239 e. The number of carbonyl (C=O) groups excluding carboxylic acids is 1. The average molecular weight is 330 g/mol. The van der Waals surface area contributed by atoms with Crippen LogP contribution < -0.4 is 10.2 Å². The van der Waals surface area contributed by atoms with Gasteiger partial charge in [0, 0.05) is 26.0 Å². The van der Waals surface area contributed by atoms with Crippen LogP contribution in [0.3, 0.4) is 0 Å². The molecule has 1 aromatic carbocycles. The molecule has 2 aromatic heterocycles. The zero-order chi connectivity index (χ0) is 16.2. The maximum atomic E-state index is 13.7. The number of nitrogens with zero attached hydrogens (tertiary/aromatic N) is 3. The number of anilines is 1. The summed E-state index contributed by atoms with van der Waals surface area (Å²) in [6.45, 7) is 0.580. The Hall–Kier alpha value is -2.54. The van der Waals surface area contributed by atoms with Crippen LogP contribution in [0.25, 0.3) is 10.2 Å². The minimum Gasteiger partial charge on any atom is -0.350 e. The Bertz CT molecular complexity index is 821. The molecule has 0 bridgehead atoms. The van der Waals surface area contributed by atoms with Crippen molar-refractivity contribution in [3.63, 3.8) is 0 Å². The summed E-state index contributed by atoms with van der Waals surface area (Å²) in [7, 11) is 1.76. The third-order valence-electron chi connectivity index (χ3n) is 3.28. The van der Waals surface area contributed by atoms with Gasteiger partial charge in [-0.15, -0.1) is 0 Å². The first-order valence-electron chi connectivity index (χ1n) is 7.05. The van der Waals surface area contributed by atoms with Gasteiger partial charge in [0.05, 0.1) is 11.2 Å². The quantitative estimate of drug-likeness (QED) is 0.781. The van der Waals surface area contributed by atoms with Gasteiger partial charge in [0.15, 0.2) is 5.13 Å². The first-order chi connectivity index (χ1) is 11.1. The molecule has 1 N–H and O–H groups in total. The number of hydrogen-bond acceptors (Lipinski definition) is 5. The molecule has 1 amide bonds. The van der Waals surface area contributed by atoms with E-state index in [1.807, 2.05) is 18.2 Å². The molecular weight excluding hydrogens is 315 g/mol. The molecule has 23 heavy (non-hydrogen) atoms. The van der Waals surface area contributed by atoms with Gasteiger partial charge in [-0.1, -0.05) is 23.5 Å². The lowest BCUT2D eigenvalue weighted by Crippen LogP contribution is -2.34. The predicted octanol–water partition coefficient (Wildman–Crippen LogP) is 2.58. The van der Waals surface area contributed by atoms with Crippen LogP contribution >= 0.6 is 11.3 Å². The second-order valence-electron chi connectivity index (χ2n) is 5.08. The van der Waals surface area contributed by atoms with Crippen molar-refractivity contribution in [1.82, 2.24) is 15.3 Å². The minimum absolute atomic E-state index is 0.129. The van der Waals surface area contributed by atoms with E-state index in [0.29, 0.717) is 17.2 Å². The lowest BCUT2D eigenvalue weighted by atomic mass is 10.3. The molecule has 0 spiro atoms. The van der Waals surface area contributed by atoms with Crippen molar-refractivity contribution in [1.29, 1.82) is 0 Å². The number of benzene rings is 1. The fourth-order valence-corrected chi connectivity index (χ4v) is 3.05. The fourth-order valence-electron chi connectivity index (χ4n) is 2.11. The molecule has 0 unspecified atom stereocenters. The summed E-state index contributed by atoms with van der Waals surface area (Å²) >= 11 is 1.36. The third kappa shape index (κ3) is 3.62. The number of thiazole rings is 1. The van der Waals surface area contributed by atoms with Gasteiger partial charge in [0.1, 0.15) is 11.3 Å². The predicted molar refractivity (Wildman–Crippen MR) is 88.9 cm³/mol. The Morgan fingerprint density at radius 3 is 2.96 bits per heavy atom. The monoisotopic (exact) mass is 330 g/mol. The Labute approximate surface area is 136 Å². The molecule has 0 radical (unpaired) electrons. The van der Waals surface area contributed by atoms with Crippen molar-refractivity contribution in [3.8, 4) is 0 Å². The Balaban J connectivity index is 1.62. The van der Waals surface area contributed by atoms with E-state index >= 15 is 0 Å². The molecule has 2 heterocycles. The van der Waals surface area contributed by atoms with E-state index < -0.39 is 0 Å². The van der Waals surface area contributed by atoms with Crippen LogP contribution in [0.5, 0.6) is 0 Å². The number of likely N-dealkylation sites (N-methyl/N-ethyl adjacent to an activating group) is 1. The van der Waals surface area contributed by atoms with E-state index in [1.54, 1.807) is 30.4 Å². The van der Waals surface area contributed by atoms with Crippen LogP contribution in [-0.4, -0.2) is 29.5 Å². The summed E-state index contributed by atoms with van der Waals surface area (Å²) in [5.74, 6) is -0.476. The van der Waals surface area contributed by atoms with E-state index in [4.69, 9.17) is 0 Å². The molecule has 0 aliphatic carbocycles. The van der Waals surface area contributed by atoms with Crippen LogP contribution in [0.15, 0.2) is 42.7 Å². The Morgan fingerprint density at radius 2 is 2.22 bits per heavy atom. The van der Waals surface area contributed by atoms with Crippen molar-refractivity contribution in [2.75, 3.05) is 18.5 Å². The minimum atomic E-state index is -0.348. The number of aromatic nitrogens is 2. The molecule has 0 aliphatic heterocycles. The Morgan fingerprint density at radius 1 is 1.35 bits per heavy atom. The number of halogens is 1. The SMILES string of the molecule is CN(CC(=O)NCc1cccnc1)c1nc2c(F)cccc2s1. The highest BCUT2D eigenvalue weighted by molar-refractivity contribution is 7.22. The number of rotatable bonds is 5. The van der Waals surface area contributed by atoms with E-state index in [-0.39, 0.29) is 18.3 Å². The topological polar surface area (TPSA) is 58.1 Å². The molecule has 0 saturated heterocycles. The number of hydrogen-bond donors (Lipinski definition) is 1. The summed E-state index contributed by atoms with van der Waals surface area (Å²) in [6.07, 6.45) is 3.39. The van der Waals surface area contributed by atoms with Crippen LogP contribution in [-0.2, 0) is 11.3 Å². The Kier molecular flexibility index (Phi) is 4.47. The first kappa shape index (κ1) is 15.4. The van der Waals surface area contributed by atoms with Crippen molar-refractivity contribution in [2.24, 2.45) is 0 Å². The molecule has 3 aromatic rings. The van der Waals surface area contributed by atoms with Gasteiger partial charge in [-0.2, -0.15) is 0 Å². The second kappa shape index (κ2) is 6.70. The van der Waals surface area contributed by atoms with Gasteiger partial charge in [-0.05, 0) is 23.8 Å². The molecule has 5 nitrogen and oxygen atoms in total. The molecule has 3 rings (SSSR count). The first-order valence-corrected chi connectivity index (χ1v) is 7.87. The lowest BCUT2D eigenvalue weighted by molar-refractivity contribution is -0.119. The van der Waals surface area contributed by atoms with Gasteiger partial charge in [0.2, 0.25) is 5.91 Å².